The van der Waals surface area contributed by atoms with E-state index in [1.807, 2.05) is 36.4 Å². The van der Waals surface area contributed by atoms with Crippen molar-refractivity contribution in [2.45, 2.75) is 43.7 Å². The second kappa shape index (κ2) is 12.0. The predicted octanol–water partition coefficient (Wildman–Crippen LogP) is 6.02. The minimum atomic E-state index is -4.36. The first kappa shape index (κ1) is 28.3. The third kappa shape index (κ3) is 6.66. The summed E-state index contributed by atoms with van der Waals surface area (Å²) in [7, 11) is 0. The van der Waals surface area contributed by atoms with Gasteiger partial charge in [0.2, 0.25) is 0 Å². The smallest absolute Gasteiger partial charge is 0.416 e. The number of carboxylic acids is 2. The first-order valence-corrected chi connectivity index (χ1v) is 12.7. The third-order valence-corrected chi connectivity index (χ3v) is 7.37. The fourth-order valence-electron chi connectivity index (χ4n) is 5.64. The molecule has 3 aliphatic rings. The second-order valence-electron chi connectivity index (χ2n) is 9.83. The highest BCUT2D eigenvalue weighted by molar-refractivity contribution is 6.27. The van der Waals surface area contributed by atoms with Crippen molar-refractivity contribution >= 4 is 11.9 Å². The second-order valence-corrected chi connectivity index (χ2v) is 9.83. The van der Waals surface area contributed by atoms with Gasteiger partial charge in [-0.15, -0.1) is 0 Å². The van der Waals surface area contributed by atoms with Crippen LogP contribution in [0, 0.1) is 5.92 Å². The molecule has 0 aromatic heterocycles. The lowest BCUT2D eigenvalue weighted by Crippen LogP contribution is -2.62. The number of fused-ring (bicyclic) bond motifs is 3. The van der Waals surface area contributed by atoms with Crippen LogP contribution in [0.5, 0.6) is 0 Å². The summed E-state index contributed by atoms with van der Waals surface area (Å²) in [5, 5.41) is 14.8. The molecule has 1 unspecified atom stereocenters. The fourth-order valence-corrected chi connectivity index (χ4v) is 5.64. The zero-order chi connectivity index (χ0) is 28.0. The van der Waals surface area contributed by atoms with Crippen LogP contribution in [0.1, 0.15) is 47.4 Å². The molecule has 6 rings (SSSR count). The Kier molecular flexibility index (Phi) is 8.72. The van der Waals surface area contributed by atoms with Gasteiger partial charge in [-0.3, -0.25) is 4.90 Å². The topological polar surface area (TPSA) is 87.1 Å². The molecule has 0 saturated carbocycles. The molecule has 3 heterocycles. The Morgan fingerprint density at radius 2 is 1.41 bits per heavy atom. The fraction of sp³-hybridized carbons (Fsp3) is 0.333. The number of nitrogens with zero attached hydrogens (tertiary/aromatic N) is 1. The van der Waals surface area contributed by atoms with Gasteiger partial charge >= 0.3 is 18.1 Å². The number of carbonyl (C=O) groups is 2. The summed E-state index contributed by atoms with van der Waals surface area (Å²) in [6.45, 7) is 2.04. The maximum absolute atomic E-state index is 13.3. The van der Waals surface area contributed by atoms with E-state index in [4.69, 9.17) is 24.5 Å². The quantitative estimate of drug-likeness (QED) is 0.371. The summed E-state index contributed by atoms with van der Waals surface area (Å²) in [4.78, 5) is 20.6. The van der Waals surface area contributed by atoms with Crippen LogP contribution >= 0.6 is 0 Å². The normalized spacial score (nSPS) is 22.2. The largest absolute Gasteiger partial charge is 0.473 e. The molecule has 3 aliphatic heterocycles. The summed E-state index contributed by atoms with van der Waals surface area (Å²) in [5.74, 6) is -3.12. The van der Waals surface area contributed by atoms with Gasteiger partial charge in [0.25, 0.3) is 0 Å². The molecule has 39 heavy (non-hydrogen) atoms. The molecule has 0 spiro atoms. The van der Waals surface area contributed by atoms with E-state index in [0.717, 1.165) is 38.4 Å². The molecular weight excluding hydrogens is 511 g/mol. The van der Waals surface area contributed by atoms with Crippen molar-refractivity contribution in [2.24, 2.45) is 5.92 Å². The minimum absolute atomic E-state index is 0.0335. The maximum atomic E-state index is 13.3. The van der Waals surface area contributed by atoms with E-state index in [1.165, 1.54) is 23.3 Å². The van der Waals surface area contributed by atoms with Crippen LogP contribution in [0.15, 0.2) is 84.9 Å². The number of carboxylic acid groups (broad SMARTS) is 2. The van der Waals surface area contributed by atoms with Gasteiger partial charge in [0.15, 0.2) is 0 Å². The number of halogens is 3. The van der Waals surface area contributed by atoms with Gasteiger partial charge in [0.1, 0.15) is 5.72 Å². The van der Waals surface area contributed by atoms with Gasteiger partial charge in [-0.1, -0.05) is 72.8 Å². The summed E-state index contributed by atoms with van der Waals surface area (Å²) >= 11 is 0. The molecule has 3 saturated heterocycles. The molecule has 2 N–H and O–H groups in total. The number of aliphatic carboxylic acids is 2. The summed E-state index contributed by atoms with van der Waals surface area (Å²) in [6, 6.07) is 26.2. The molecule has 206 valence electrons. The van der Waals surface area contributed by atoms with Crippen LogP contribution < -0.4 is 0 Å². The summed E-state index contributed by atoms with van der Waals surface area (Å²) < 4.78 is 46.6. The van der Waals surface area contributed by atoms with Gasteiger partial charge in [0.05, 0.1) is 18.1 Å². The van der Waals surface area contributed by atoms with E-state index < -0.39 is 29.4 Å². The van der Waals surface area contributed by atoms with E-state index in [0.29, 0.717) is 11.5 Å². The monoisotopic (exact) mass is 541 g/mol. The maximum Gasteiger partial charge on any atom is 0.416 e. The molecule has 9 heteroatoms. The number of hydrogen-bond acceptors (Lipinski definition) is 4. The molecule has 2 bridgehead atoms. The standard InChI is InChI=1S/C28H28F3NO.C2H2O4/c29-28(30,31)25-13-7-8-22(18-25)20-33-27(19-21-14-16-32(27)17-15-21)26(23-9-3-1-4-10-23)24-11-5-2-6-12-24;3-1(4)2(5)6/h1-13,18,21,26H,14-17,19-20H2;(H,3,4)(H,5,6). The van der Waals surface area contributed by atoms with Gasteiger partial charge in [-0.2, -0.15) is 13.2 Å². The Morgan fingerprint density at radius 1 is 0.872 bits per heavy atom. The van der Waals surface area contributed by atoms with Crippen LogP contribution in [-0.4, -0.2) is 45.9 Å². The minimum Gasteiger partial charge on any atom is -0.473 e. The Hall–Kier alpha value is -3.69. The molecule has 0 radical (unpaired) electrons. The molecule has 0 aliphatic carbocycles. The Morgan fingerprint density at radius 3 is 1.85 bits per heavy atom. The molecular formula is C30H30F3NO5. The van der Waals surface area contributed by atoms with Crippen molar-refractivity contribution in [1.29, 1.82) is 0 Å². The van der Waals surface area contributed by atoms with Crippen molar-refractivity contribution in [2.75, 3.05) is 13.1 Å². The van der Waals surface area contributed by atoms with Gasteiger partial charge in [-0.05, 0) is 54.0 Å². The number of benzene rings is 3. The first-order valence-electron chi connectivity index (χ1n) is 12.7. The van der Waals surface area contributed by atoms with Gasteiger partial charge < -0.3 is 14.9 Å². The highest BCUT2D eigenvalue weighted by Crippen LogP contribution is 2.50. The average Bonchev–Trinajstić information content (AvgIpc) is 2.94. The van der Waals surface area contributed by atoms with E-state index in [9.17, 15) is 13.2 Å². The van der Waals surface area contributed by atoms with Crippen LogP contribution in [0.2, 0.25) is 0 Å². The van der Waals surface area contributed by atoms with Crippen LogP contribution in [0.3, 0.4) is 0 Å². The number of hydrogen-bond donors (Lipinski definition) is 2. The van der Waals surface area contributed by atoms with E-state index in [1.54, 1.807) is 6.07 Å². The Labute approximate surface area is 224 Å². The highest BCUT2D eigenvalue weighted by Gasteiger charge is 2.52. The van der Waals surface area contributed by atoms with Crippen molar-refractivity contribution in [3.63, 3.8) is 0 Å². The highest BCUT2D eigenvalue weighted by atomic mass is 19.4. The van der Waals surface area contributed by atoms with Gasteiger partial charge in [0, 0.05) is 13.1 Å². The first-order chi connectivity index (χ1) is 18.6. The SMILES string of the molecule is FC(F)(F)c1cccc(COC2(C(c3ccccc3)c3ccccc3)CC3CCN2CC3)c1.O=C(O)C(=O)O. The molecule has 3 aromatic rings. The number of rotatable bonds is 6. The molecule has 1 atom stereocenters. The number of ether oxygens (including phenoxy) is 1. The van der Waals surface area contributed by atoms with Crippen molar-refractivity contribution in [1.82, 2.24) is 4.90 Å². The molecule has 3 aromatic carbocycles. The van der Waals surface area contributed by atoms with E-state index in [2.05, 4.69) is 29.2 Å². The summed E-state index contributed by atoms with van der Waals surface area (Å²) in [5.41, 5.74) is 1.65. The Balaban J connectivity index is 0.000000531. The zero-order valence-corrected chi connectivity index (χ0v) is 21.2. The lowest BCUT2D eigenvalue weighted by Gasteiger charge is -2.57. The molecule has 3 fully saturated rings. The number of piperidine rings is 3. The average molecular weight is 542 g/mol. The predicted molar refractivity (Wildman–Crippen MR) is 138 cm³/mol. The van der Waals surface area contributed by atoms with Crippen LogP contribution in [-0.2, 0) is 27.1 Å². The van der Waals surface area contributed by atoms with E-state index >= 15 is 0 Å². The van der Waals surface area contributed by atoms with Crippen LogP contribution in [0.4, 0.5) is 13.2 Å². The lowest BCUT2D eigenvalue weighted by atomic mass is 9.71. The van der Waals surface area contributed by atoms with Crippen molar-refractivity contribution in [3.05, 3.63) is 107 Å². The molecule has 0 amide bonds. The van der Waals surface area contributed by atoms with Crippen molar-refractivity contribution < 1.29 is 37.7 Å². The zero-order valence-electron chi connectivity index (χ0n) is 21.2. The third-order valence-electron chi connectivity index (χ3n) is 7.37. The van der Waals surface area contributed by atoms with E-state index in [-0.39, 0.29) is 12.5 Å². The lowest BCUT2D eigenvalue weighted by molar-refractivity contribution is -0.222. The van der Waals surface area contributed by atoms with Crippen LogP contribution in [0.25, 0.3) is 0 Å². The van der Waals surface area contributed by atoms with Crippen molar-refractivity contribution in [3.8, 4) is 0 Å². The molecule has 6 nitrogen and oxygen atoms in total. The Bertz CT molecular complexity index is 1210. The number of alkyl halides is 3. The summed E-state index contributed by atoms with van der Waals surface area (Å²) in [6.07, 6.45) is -1.20. The van der Waals surface area contributed by atoms with Gasteiger partial charge in [-0.25, -0.2) is 9.59 Å².